The average molecular weight is 470 g/mol. The molecular formula is C21H27NO5S3. The average Bonchev–Trinajstić information content (AvgIpc) is 3.18. The van der Waals surface area contributed by atoms with Gasteiger partial charge in [-0.05, 0) is 43.5 Å². The van der Waals surface area contributed by atoms with Crippen molar-refractivity contribution in [1.82, 2.24) is 4.90 Å². The Labute approximate surface area is 187 Å². The number of rotatable bonds is 9. The van der Waals surface area contributed by atoms with Gasteiger partial charge in [-0.15, -0.1) is 0 Å². The Bertz CT molecular complexity index is 942. The van der Waals surface area contributed by atoms with E-state index in [4.69, 9.17) is 21.7 Å². The molecule has 2 aliphatic heterocycles. The summed E-state index contributed by atoms with van der Waals surface area (Å²) in [6, 6.07) is 5.22. The lowest BCUT2D eigenvalue weighted by molar-refractivity contribution is -0.123. The van der Waals surface area contributed by atoms with Gasteiger partial charge in [0.15, 0.2) is 21.3 Å². The van der Waals surface area contributed by atoms with E-state index in [-0.39, 0.29) is 23.5 Å². The number of benzene rings is 1. The zero-order valence-electron chi connectivity index (χ0n) is 17.3. The summed E-state index contributed by atoms with van der Waals surface area (Å²) in [5.41, 5.74) is 0.805. The highest BCUT2D eigenvalue weighted by Gasteiger charge is 2.42. The molecule has 1 amide bonds. The summed E-state index contributed by atoms with van der Waals surface area (Å²) in [5.74, 6) is 1.18. The van der Waals surface area contributed by atoms with E-state index in [1.54, 1.807) is 6.08 Å². The minimum absolute atomic E-state index is 0.0225. The van der Waals surface area contributed by atoms with E-state index in [2.05, 4.69) is 6.92 Å². The lowest BCUT2D eigenvalue weighted by atomic mass is 10.1. The van der Waals surface area contributed by atoms with Gasteiger partial charge in [0.25, 0.3) is 5.91 Å². The summed E-state index contributed by atoms with van der Waals surface area (Å²) in [6.45, 7) is 5.20. The van der Waals surface area contributed by atoms with Crippen LogP contribution in [-0.4, -0.2) is 54.3 Å². The van der Waals surface area contributed by atoms with Gasteiger partial charge in [-0.25, -0.2) is 8.42 Å². The van der Waals surface area contributed by atoms with Gasteiger partial charge < -0.3 is 9.47 Å². The summed E-state index contributed by atoms with van der Waals surface area (Å²) in [5, 5.41) is 0. The van der Waals surface area contributed by atoms with Gasteiger partial charge in [0, 0.05) is 0 Å². The van der Waals surface area contributed by atoms with Crippen molar-refractivity contribution in [3.63, 3.8) is 0 Å². The van der Waals surface area contributed by atoms with E-state index in [0.29, 0.717) is 40.4 Å². The molecule has 0 bridgehead atoms. The number of thioether (sulfide) groups is 1. The topological polar surface area (TPSA) is 72.9 Å². The van der Waals surface area contributed by atoms with Crippen molar-refractivity contribution in [1.29, 1.82) is 0 Å². The first kappa shape index (κ1) is 23.1. The molecule has 9 heteroatoms. The Morgan fingerprint density at radius 3 is 2.70 bits per heavy atom. The highest BCUT2D eigenvalue weighted by molar-refractivity contribution is 8.26. The van der Waals surface area contributed by atoms with Gasteiger partial charge in [0.1, 0.15) is 4.32 Å². The largest absolute Gasteiger partial charge is 0.490 e. The standard InChI is InChI=1S/C21H27NO5S3/c1-3-5-6-10-27-17-8-7-15(12-18(17)26-4-2)13-19-20(23)22(21(28)29-19)16-9-11-30(24,25)14-16/h7-8,12-13,16H,3-6,9-11,14H2,1-2H3/b19-13-/t16-/m1/s1. The predicted octanol–water partition coefficient (Wildman–Crippen LogP) is 4.04. The van der Waals surface area contributed by atoms with Gasteiger partial charge in [0.2, 0.25) is 0 Å². The quantitative estimate of drug-likeness (QED) is 0.307. The molecule has 6 nitrogen and oxygen atoms in total. The number of nitrogens with zero attached hydrogens (tertiary/aromatic N) is 1. The van der Waals surface area contributed by atoms with E-state index in [0.717, 1.165) is 24.8 Å². The predicted molar refractivity (Wildman–Crippen MR) is 125 cm³/mol. The molecule has 1 atom stereocenters. The fraction of sp³-hybridized carbons (Fsp3) is 0.524. The molecule has 0 aromatic heterocycles. The maximum atomic E-state index is 12.9. The van der Waals surface area contributed by atoms with Crippen molar-refractivity contribution >= 4 is 50.1 Å². The van der Waals surface area contributed by atoms with Crippen LogP contribution in [0.5, 0.6) is 11.5 Å². The number of carbonyl (C=O) groups is 1. The molecule has 1 aromatic rings. The molecule has 3 rings (SSSR count). The van der Waals surface area contributed by atoms with Crippen LogP contribution in [0.2, 0.25) is 0 Å². The fourth-order valence-electron chi connectivity index (χ4n) is 3.46. The van der Waals surface area contributed by atoms with Crippen LogP contribution in [0.3, 0.4) is 0 Å². The number of ether oxygens (including phenoxy) is 2. The third-order valence-electron chi connectivity index (χ3n) is 4.97. The number of hydrogen-bond donors (Lipinski definition) is 0. The number of thiocarbonyl (C=S) groups is 1. The number of sulfone groups is 1. The Hall–Kier alpha value is -1.58. The van der Waals surface area contributed by atoms with Crippen molar-refractivity contribution in [3.8, 4) is 11.5 Å². The maximum Gasteiger partial charge on any atom is 0.266 e. The number of amides is 1. The van der Waals surface area contributed by atoms with Crippen LogP contribution < -0.4 is 9.47 Å². The van der Waals surface area contributed by atoms with Gasteiger partial charge in [-0.3, -0.25) is 9.69 Å². The Morgan fingerprint density at radius 2 is 2.03 bits per heavy atom. The molecule has 0 aliphatic carbocycles. The first-order chi connectivity index (χ1) is 14.3. The summed E-state index contributed by atoms with van der Waals surface area (Å²) in [7, 11) is -3.10. The Balaban J connectivity index is 1.76. The Morgan fingerprint density at radius 1 is 1.23 bits per heavy atom. The van der Waals surface area contributed by atoms with Crippen LogP contribution >= 0.6 is 24.0 Å². The van der Waals surface area contributed by atoms with Crippen LogP contribution in [0.1, 0.15) is 45.1 Å². The summed E-state index contributed by atoms with van der Waals surface area (Å²) in [4.78, 5) is 14.8. The molecule has 0 saturated carbocycles. The second kappa shape index (κ2) is 10.2. The van der Waals surface area contributed by atoms with Gasteiger partial charge in [-0.2, -0.15) is 0 Å². The molecule has 0 unspecified atom stereocenters. The van der Waals surface area contributed by atoms with E-state index >= 15 is 0 Å². The highest BCUT2D eigenvalue weighted by atomic mass is 32.2. The first-order valence-corrected chi connectivity index (χ1v) is 13.3. The second-order valence-corrected chi connectivity index (χ2v) is 11.2. The Kier molecular flexibility index (Phi) is 7.81. The minimum atomic E-state index is -3.10. The van der Waals surface area contributed by atoms with Crippen LogP contribution in [0, 0.1) is 0 Å². The SMILES string of the molecule is CCCCCOc1ccc(/C=C2\SC(=S)N([C@@H]3CCS(=O)(=O)C3)C2=O)cc1OCC. The van der Waals surface area contributed by atoms with Crippen LogP contribution in [0.4, 0.5) is 0 Å². The summed E-state index contributed by atoms with van der Waals surface area (Å²) >= 11 is 6.58. The molecule has 0 radical (unpaired) electrons. The molecule has 2 fully saturated rings. The molecule has 2 aliphatic rings. The first-order valence-electron chi connectivity index (χ1n) is 10.2. The highest BCUT2D eigenvalue weighted by Crippen LogP contribution is 2.37. The van der Waals surface area contributed by atoms with Crippen LogP contribution in [0.15, 0.2) is 23.1 Å². The van der Waals surface area contributed by atoms with E-state index < -0.39 is 9.84 Å². The van der Waals surface area contributed by atoms with Crippen molar-refractivity contribution < 1.29 is 22.7 Å². The van der Waals surface area contributed by atoms with Crippen LogP contribution in [-0.2, 0) is 14.6 Å². The van der Waals surface area contributed by atoms with E-state index in [9.17, 15) is 13.2 Å². The molecule has 2 saturated heterocycles. The summed E-state index contributed by atoms with van der Waals surface area (Å²) < 4.78 is 35.6. The number of hydrogen-bond acceptors (Lipinski definition) is 7. The van der Waals surface area contributed by atoms with Crippen molar-refractivity contribution in [2.75, 3.05) is 24.7 Å². The second-order valence-electron chi connectivity index (χ2n) is 7.30. The third-order valence-corrected chi connectivity index (χ3v) is 8.05. The lowest BCUT2D eigenvalue weighted by Gasteiger charge is -2.20. The molecule has 1 aromatic carbocycles. The molecule has 0 spiro atoms. The zero-order chi connectivity index (χ0) is 21.7. The van der Waals surface area contributed by atoms with Gasteiger partial charge >= 0.3 is 0 Å². The van der Waals surface area contributed by atoms with E-state index in [1.165, 1.54) is 16.7 Å². The molecular weight excluding hydrogens is 442 g/mol. The number of unbranched alkanes of at least 4 members (excludes halogenated alkanes) is 2. The number of carbonyl (C=O) groups excluding carboxylic acids is 1. The minimum Gasteiger partial charge on any atom is -0.490 e. The monoisotopic (exact) mass is 469 g/mol. The smallest absolute Gasteiger partial charge is 0.266 e. The third kappa shape index (κ3) is 5.56. The summed E-state index contributed by atoms with van der Waals surface area (Å²) in [6.07, 6.45) is 5.44. The van der Waals surface area contributed by atoms with Crippen molar-refractivity contribution in [3.05, 3.63) is 28.7 Å². The van der Waals surface area contributed by atoms with Crippen molar-refractivity contribution in [2.45, 2.75) is 45.6 Å². The zero-order valence-corrected chi connectivity index (χ0v) is 19.7. The lowest BCUT2D eigenvalue weighted by Crippen LogP contribution is -2.39. The van der Waals surface area contributed by atoms with Crippen LogP contribution in [0.25, 0.3) is 6.08 Å². The molecule has 30 heavy (non-hydrogen) atoms. The maximum absolute atomic E-state index is 12.9. The molecule has 164 valence electrons. The molecule has 2 heterocycles. The fourth-order valence-corrected chi connectivity index (χ4v) is 6.56. The normalized spacial score (nSPS) is 22.1. The van der Waals surface area contributed by atoms with Gasteiger partial charge in [0.05, 0.1) is 35.7 Å². The van der Waals surface area contributed by atoms with Gasteiger partial charge in [-0.1, -0.05) is 49.8 Å². The molecule has 0 N–H and O–H groups in total. The van der Waals surface area contributed by atoms with Crippen molar-refractivity contribution in [2.24, 2.45) is 0 Å². The van der Waals surface area contributed by atoms with E-state index in [1.807, 2.05) is 25.1 Å².